The summed E-state index contributed by atoms with van der Waals surface area (Å²) in [5.41, 5.74) is 1.39. The minimum absolute atomic E-state index is 0.0152. The number of carbonyl (C=O) groups is 1. The Morgan fingerprint density at radius 3 is 2.70 bits per heavy atom. The van der Waals surface area contributed by atoms with Gasteiger partial charge in [-0.3, -0.25) is 9.13 Å². The molecule has 3 rings (SSSR count). The third kappa shape index (κ3) is 3.87. The number of carbonyl (C=O) groups excluding carboxylic acids is 1. The van der Waals surface area contributed by atoms with E-state index in [9.17, 15) is 9.59 Å². The van der Waals surface area contributed by atoms with E-state index in [0.29, 0.717) is 18.8 Å². The maximum Gasteiger partial charge on any atom is 0.330 e. The molecule has 1 aliphatic rings. The topological polar surface area (TPSA) is 69.4 Å². The predicted molar refractivity (Wildman–Crippen MR) is 106 cm³/mol. The van der Waals surface area contributed by atoms with Gasteiger partial charge in [0, 0.05) is 20.1 Å². The minimum Gasteiger partial charge on any atom is -0.464 e. The Morgan fingerprint density at radius 1 is 1.30 bits per heavy atom. The van der Waals surface area contributed by atoms with Crippen molar-refractivity contribution in [2.24, 2.45) is 12.5 Å². The molecule has 148 valence electrons. The third-order valence-corrected chi connectivity index (χ3v) is 4.95. The zero-order valence-corrected chi connectivity index (χ0v) is 17.0. The number of nitrogens with zero attached hydrogens (tertiary/aromatic N) is 4. The maximum atomic E-state index is 12.7. The van der Waals surface area contributed by atoms with Crippen molar-refractivity contribution in [3.63, 3.8) is 0 Å². The number of fused-ring (bicyclic) bond motifs is 1. The summed E-state index contributed by atoms with van der Waals surface area (Å²) < 4.78 is 8.63. The van der Waals surface area contributed by atoms with E-state index >= 15 is 0 Å². The van der Waals surface area contributed by atoms with Crippen LogP contribution in [0.25, 0.3) is 11.2 Å². The minimum atomic E-state index is -0.308. The second-order valence-electron chi connectivity index (χ2n) is 8.46. The molecular weight excluding hydrogens is 344 g/mol. The summed E-state index contributed by atoms with van der Waals surface area (Å²) in [5, 5.41) is 0. The molecule has 2 aromatic rings. The number of ether oxygens (including phenoxy) is 1. The zero-order chi connectivity index (χ0) is 19.8. The lowest BCUT2D eigenvalue weighted by Gasteiger charge is -2.34. The number of aryl methyl sites for hydroxylation is 1. The smallest absolute Gasteiger partial charge is 0.330 e. The van der Waals surface area contributed by atoms with Crippen molar-refractivity contribution in [3.8, 4) is 0 Å². The van der Waals surface area contributed by atoms with Gasteiger partial charge in [-0.1, -0.05) is 20.8 Å². The van der Waals surface area contributed by atoms with E-state index in [2.05, 4.69) is 20.8 Å². The van der Waals surface area contributed by atoms with E-state index in [4.69, 9.17) is 9.72 Å². The summed E-state index contributed by atoms with van der Waals surface area (Å²) in [4.78, 5) is 31.9. The Kier molecular flexibility index (Phi) is 5.31. The largest absolute Gasteiger partial charge is 0.464 e. The first kappa shape index (κ1) is 19.5. The molecule has 1 unspecified atom stereocenters. The van der Waals surface area contributed by atoms with Gasteiger partial charge in [0.25, 0.3) is 0 Å². The third-order valence-electron chi connectivity index (χ3n) is 4.95. The lowest BCUT2D eigenvalue weighted by Crippen LogP contribution is -2.46. The van der Waals surface area contributed by atoms with E-state index in [1.54, 1.807) is 16.2 Å². The molecule has 7 heteroatoms. The lowest BCUT2D eigenvalue weighted by molar-refractivity contribution is -0.145. The van der Waals surface area contributed by atoms with Crippen molar-refractivity contribution in [3.05, 3.63) is 22.6 Å². The lowest BCUT2D eigenvalue weighted by atomic mass is 9.97. The van der Waals surface area contributed by atoms with Crippen LogP contribution >= 0.6 is 0 Å². The van der Waals surface area contributed by atoms with Gasteiger partial charge in [0.2, 0.25) is 0 Å². The van der Waals surface area contributed by atoms with E-state index in [-0.39, 0.29) is 23.1 Å². The van der Waals surface area contributed by atoms with Crippen LogP contribution in [0.2, 0.25) is 0 Å². The van der Waals surface area contributed by atoms with E-state index in [0.717, 1.165) is 37.1 Å². The average Bonchev–Trinajstić information content (AvgIpc) is 2.85. The zero-order valence-electron chi connectivity index (χ0n) is 17.0. The monoisotopic (exact) mass is 374 g/mol. The molecule has 0 radical (unpaired) electrons. The highest BCUT2D eigenvalue weighted by molar-refractivity contribution is 5.81. The van der Waals surface area contributed by atoms with Gasteiger partial charge in [-0.15, -0.1) is 0 Å². The summed E-state index contributed by atoms with van der Waals surface area (Å²) in [7, 11) is 1.75. The second kappa shape index (κ2) is 7.37. The molecule has 1 atom stereocenters. The van der Waals surface area contributed by atoms with Crippen LogP contribution in [0.4, 0.5) is 5.82 Å². The fraction of sp³-hybridized carbons (Fsp3) is 0.650. The van der Waals surface area contributed by atoms with Crippen LogP contribution in [0.15, 0.2) is 16.9 Å². The van der Waals surface area contributed by atoms with Crippen LogP contribution in [0.3, 0.4) is 0 Å². The van der Waals surface area contributed by atoms with Gasteiger partial charge < -0.3 is 9.64 Å². The van der Waals surface area contributed by atoms with Crippen molar-refractivity contribution >= 4 is 23.0 Å². The molecule has 0 aromatic carbocycles. The Labute approximate surface area is 159 Å². The molecule has 7 nitrogen and oxygen atoms in total. The molecule has 0 bridgehead atoms. The van der Waals surface area contributed by atoms with Crippen molar-refractivity contribution < 1.29 is 9.53 Å². The molecular formula is C20H30N4O3. The van der Waals surface area contributed by atoms with Crippen LogP contribution in [-0.2, 0) is 23.1 Å². The van der Waals surface area contributed by atoms with E-state index in [1.165, 1.54) is 0 Å². The van der Waals surface area contributed by atoms with Gasteiger partial charge in [0.1, 0.15) is 11.9 Å². The van der Waals surface area contributed by atoms with Gasteiger partial charge in [-0.2, -0.15) is 0 Å². The predicted octanol–water partition coefficient (Wildman–Crippen LogP) is 2.70. The highest BCUT2D eigenvalue weighted by Gasteiger charge is 2.31. The van der Waals surface area contributed by atoms with Crippen LogP contribution < -0.4 is 10.6 Å². The molecule has 0 saturated carbocycles. The highest BCUT2D eigenvalue weighted by Crippen LogP contribution is 2.27. The van der Waals surface area contributed by atoms with Gasteiger partial charge >= 0.3 is 11.7 Å². The SMILES string of the molecule is CCOC(=O)C1CCCCN1c1ccc2c(n1)n(C)c(=O)n2CC(C)(C)C. The van der Waals surface area contributed by atoms with Crippen LogP contribution in [-0.4, -0.2) is 39.3 Å². The molecule has 0 amide bonds. The number of piperidine rings is 1. The Hall–Kier alpha value is -2.31. The molecule has 0 N–H and O–H groups in total. The molecule has 0 aliphatic carbocycles. The normalized spacial score (nSPS) is 18.1. The van der Waals surface area contributed by atoms with Gasteiger partial charge in [-0.05, 0) is 43.7 Å². The van der Waals surface area contributed by atoms with E-state index < -0.39 is 0 Å². The maximum absolute atomic E-state index is 12.7. The summed E-state index contributed by atoms with van der Waals surface area (Å²) >= 11 is 0. The van der Waals surface area contributed by atoms with Gasteiger partial charge in [0.05, 0.1) is 12.1 Å². The summed E-state index contributed by atoms with van der Waals surface area (Å²) in [6.07, 6.45) is 2.78. The number of aromatic nitrogens is 3. The number of rotatable bonds is 4. The first-order chi connectivity index (χ1) is 12.7. The van der Waals surface area contributed by atoms with Crippen molar-refractivity contribution in [2.45, 2.75) is 59.5 Å². The molecule has 27 heavy (non-hydrogen) atoms. The molecule has 1 saturated heterocycles. The van der Waals surface area contributed by atoms with Crippen molar-refractivity contribution in [2.75, 3.05) is 18.1 Å². The van der Waals surface area contributed by atoms with Gasteiger partial charge in [-0.25, -0.2) is 14.6 Å². The molecule has 1 aliphatic heterocycles. The first-order valence-electron chi connectivity index (χ1n) is 9.72. The van der Waals surface area contributed by atoms with Crippen molar-refractivity contribution in [1.82, 2.24) is 14.1 Å². The van der Waals surface area contributed by atoms with Crippen LogP contribution in [0.5, 0.6) is 0 Å². The highest BCUT2D eigenvalue weighted by atomic mass is 16.5. The number of pyridine rings is 1. The molecule has 3 heterocycles. The molecule has 0 spiro atoms. The summed E-state index contributed by atoms with van der Waals surface area (Å²) in [6.45, 7) is 9.91. The summed E-state index contributed by atoms with van der Waals surface area (Å²) in [5.74, 6) is 0.530. The summed E-state index contributed by atoms with van der Waals surface area (Å²) in [6, 6.07) is 3.55. The number of imidazole rings is 1. The average molecular weight is 374 g/mol. The quantitative estimate of drug-likeness (QED) is 0.770. The Morgan fingerprint density at radius 2 is 2.04 bits per heavy atom. The Balaban J connectivity index is 2.02. The molecule has 1 fully saturated rings. The second-order valence-corrected chi connectivity index (χ2v) is 8.46. The number of hydrogen-bond donors (Lipinski definition) is 0. The van der Waals surface area contributed by atoms with Crippen LogP contribution in [0, 0.1) is 5.41 Å². The fourth-order valence-corrected chi connectivity index (χ4v) is 3.74. The van der Waals surface area contributed by atoms with Crippen LogP contribution in [0.1, 0.15) is 47.0 Å². The fourth-order valence-electron chi connectivity index (χ4n) is 3.74. The van der Waals surface area contributed by atoms with Crippen molar-refractivity contribution in [1.29, 1.82) is 0 Å². The van der Waals surface area contributed by atoms with Gasteiger partial charge in [0.15, 0.2) is 5.65 Å². The first-order valence-corrected chi connectivity index (χ1v) is 9.72. The molecule has 2 aromatic heterocycles. The number of hydrogen-bond acceptors (Lipinski definition) is 5. The standard InChI is InChI=1S/C20H30N4O3/c1-6-27-18(25)15-9-7-8-12-23(15)16-11-10-14-17(21-16)22(5)19(26)24(14)13-20(2,3)4/h10-11,15H,6-9,12-13H2,1-5H3. The Bertz CT molecular complexity index is 891. The number of anilines is 1. The van der Waals surface area contributed by atoms with E-state index in [1.807, 2.05) is 24.0 Å². The number of esters is 1.